The molecule has 1 fully saturated rings. The van der Waals surface area contributed by atoms with Crippen molar-refractivity contribution in [3.8, 4) is 11.1 Å². The monoisotopic (exact) mass is 518 g/mol. The van der Waals surface area contributed by atoms with Gasteiger partial charge in [-0.1, -0.05) is 48.5 Å². The first-order valence-electron chi connectivity index (χ1n) is 12.2. The Hall–Kier alpha value is -4.67. The lowest BCUT2D eigenvalue weighted by molar-refractivity contribution is -0.147. The van der Waals surface area contributed by atoms with Gasteiger partial charge < -0.3 is 20.1 Å². The molecule has 2 aromatic carbocycles. The van der Waals surface area contributed by atoms with Gasteiger partial charge in [0.15, 0.2) is 0 Å². The third kappa shape index (κ3) is 4.58. The summed E-state index contributed by atoms with van der Waals surface area (Å²) in [4.78, 5) is 64.4. The summed E-state index contributed by atoms with van der Waals surface area (Å²) in [6.07, 6.45) is 0.542. The summed E-state index contributed by atoms with van der Waals surface area (Å²) in [5.74, 6) is -1.99. The zero-order chi connectivity index (χ0) is 27.0. The van der Waals surface area contributed by atoms with Gasteiger partial charge in [0, 0.05) is 30.6 Å². The van der Waals surface area contributed by atoms with Gasteiger partial charge in [-0.3, -0.25) is 19.1 Å². The van der Waals surface area contributed by atoms with E-state index in [1.54, 1.807) is 0 Å². The molecule has 38 heavy (non-hydrogen) atoms. The highest BCUT2D eigenvalue weighted by molar-refractivity contribution is 5.87. The average molecular weight is 519 g/mol. The van der Waals surface area contributed by atoms with Gasteiger partial charge in [0.2, 0.25) is 5.91 Å². The minimum atomic E-state index is -1.23. The molecular weight excluding hydrogens is 492 g/mol. The van der Waals surface area contributed by atoms with Crippen LogP contribution in [0.1, 0.15) is 35.1 Å². The Balaban J connectivity index is 1.21. The molecule has 2 aliphatic rings. The lowest BCUT2D eigenvalue weighted by Crippen LogP contribution is -2.45. The van der Waals surface area contributed by atoms with Gasteiger partial charge in [-0.25, -0.2) is 14.4 Å². The van der Waals surface area contributed by atoms with Crippen LogP contribution in [0.4, 0.5) is 4.79 Å². The van der Waals surface area contributed by atoms with Gasteiger partial charge in [0.25, 0.3) is 5.56 Å². The summed E-state index contributed by atoms with van der Waals surface area (Å²) in [5.41, 5.74) is 3.37. The van der Waals surface area contributed by atoms with Crippen molar-refractivity contribution < 1.29 is 24.2 Å². The smallest absolute Gasteiger partial charge is 0.407 e. The van der Waals surface area contributed by atoms with E-state index in [-0.39, 0.29) is 31.1 Å². The first-order valence-corrected chi connectivity index (χ1v) is 12.2. The van der Waals surface area contributed by atoms with E-state index in [9.17, 15) is 29.1 Å². The molecule has 1 aliphatic heterocycles. The predicted octanol–water partition coefficient (Wildman–Crippen LogP) is 1.61. The van der Waals surface area contributed by atoms with E-state index in [1.165, 1.54) is 17.7 Å². The molecule has 1 aromatic heterocycles. The van der Waals surface area contributed by atoms with Gasteiger partial charge in [-0.15, -0.1) is 0 Å². The van der Waals surface area contributed by atoms with Crippen molar-refractivity contribution in [2.24, 2.45) is 0 Å². The molecule has 2 atom stereocenters. The van der Waals surface area contributed by atoms with Crippen LogP contribution >= 0.6 is 0 Å². The number of benzene rings is 2. The van der Waals surface area contributed by atoms with Gasteiger partial charge >= 0.3 is 17.8 Å². The molecule has 0 bridgehead atoms. The Kier molecular flexibility index (Phi) is 6.58. The molecule has 196 valence electrons. The third-order valence-corrected chi connectivity index (χ3v) is 7.15. The van der Waals surface area contributed by atoms with Crippen LogP contribution in [-0.4, -0.2) is 63.3 Å². The van der Waals surface area contributed by atoms with Crippen LogP contribution in [0.2, 0.25) is 0 Å². The lowest BCUT2D eigenvalue weighted by Gasteiger charge is -2.21. The first kappa shape index (κ1) is 25.0. The van der Waals surface area contributed by atoms with E-state index in [2.05, 4.69) is 10.3 Å². The molecule has 11 heteroatoms. The number of carboxylic acid groups (broad SMARTS) is 1. The number of carbonyl (C=O) groups excluding carboxylic acids is 2. The molecule has 0 radical (unpaired) electrons. The Morgan fingerprint density at radius 3 is 2.32 bits per heavy atom. The van der Waals surface area contributed by atoms with Crippen LogP contribution in [0.5, 0.6) is 0 Å². The van der Waals surface area contributed by atoms with Crippen molar-refractivity contribution >= 4 is 18.0 Å². The number of aromatic nitrogens is 2. The largest absolute Gasteiger partial charge is 0.480 e. The molecule has 0 spiro atoms. The molecule has 11 nitrogen and oxygen atoms in total. The van der Waals surface area contributed by atoms with Crippen molar-refractivity contribution in [1.29, 1.82) is 0 Å². The number of carbonyl (C=O) groups is 3. The fourth-order valence-corrected chi connectivity index (χ4v) is 5.28. The molecule has 0 saturated carbocycles. The summed E-state index contributed by atoms with van der Waals surface area (Å²) in [6, 6.07) is 14.0. The number of aliphatic carboxylic acids is 1. The average Bonchev–Trinajstić information content (AvgIpc) is 3.49. The summed E-state index contributed by atoms with van der Waals surface area (Å²) in [6.45, 7) is 1.08. The highest BCUT2D eigenvalue weighted by Gasteiger charge is 2.41. The van der Waals surface area contributed by atoms with E-state index in [4.69, 9.17) is 4.74 Å². The number of fused-ring (bicyclic) bond motifs is 3. The number of amides is 2. The molecule has 3 N–H and O–H groups in total. The lowest BCUT2D eigenvalue weighted by atomic mass is 9.98. The number of rotatable bonds is 6. The van der Waals surface area contributed by atoms with Gasteiger partial charge in [-0.2, -0.15) is 0 Å². The quantitative estimate of drug-likeness (QED) is 0.449. The van der Waals surface area contributed by atoms with Gasteiger partial charge in [0.05, 0.1) is 6.04 Å². The number of H-pyrrole nitrogens is 1. The predicted molar refractivity (Wildman–Crippen MR) is 136 cm³/mol. The molecule has 2 heterocycles. The number of alkyl carbamates (subject to hydrolysis) is 1. The summed E-state index contributed by atoms with van der Waals surface area (Å²) < 4.78 is 6.68. The summed E-state index contributed by atoms with van der Waals surface area (Å²) in [5, 5.41) is 12.1. The van der Waals surface area contributed by atoms with Crippen LogP contribution in [0, 0.1) is 6.92 Å². The molecule has 5 rings (SSSR count). The fourth-order valence-electron chi connectivity index (χ4n) is 5.28. The fraction of sp³-hybridized carbons (Fsp3) is 0.296. The number of likely N-dealkylation sites (tertiary alicyclic amines) is 1. The van der Waals surface area contributed by atoms with Crippen LogP contribution in [0.15, 0.2) is 64.3 Å². The number of nitrogens with zero attached hydrogens (tertiary/aromatic N) is 2. The summed E-state index contributed by atoms with van der Waals surface area (Å²) in [7, 11) is 0. The highest BCUT2D eigenvalue weighted by atomic mass is 16.5. The standard InChI is InChI=1S/C27H26N4O7/c1-15-12-30(26(36)29-24(15)33)16-10-22(25(34)35)31(13-16)23(32)11-28-27(37)38-14-21-19-8-4-2-6-17(19)18-7-3-5-9-20(18)21/h2-9,12,16,21-22H,10-11,13-14H2,1H3,(H,28,37)(H,34,35)(H,29,33,36). The number of aromatic amines is 1. The van der Waals surface area contributed by atoms with Crippen LogP contribution in [0.25, 0.3) is 11.1 Å². The second kappa shape index (κ2) is 10.0. The highest BCUT2D eigenvalue weighted by Crippen LogP contribution is 2.44. The maximum atomic E-state index is 12.9. The second-order valence-corrected chi connectivity index (χ2v) is 9.45. The number of hydrogen-bond donors (Lipinski definition) is 3. The third-order valence-electron chi connectivity index (χ3n) is 7.15. The molecule has 2 amide bonds. The number of carboxylic acids is 1. The second-order valence-electron chi connectivity index (χ2n) is 9.45. The number of nitrogens with one attached hydrogen (secondary N) is 2. The van der Waals surface area contributed by atoms with Crippen molar-refractivity contribution in [2.45, 2.75) is 31.3 Å². The zero-order valence-electron chi connectivity index (χ0n) is 20.5. The van der Waals surface area contributed by atoms with E-state index < -0.39 is 47.8 Å². The Morgan fingerprint density at radius 2 is 1.68 bits per heavy atom. The van der Waals surface area contributed by atoms with Crippen molar-refractivity contribution in [3.05, 3.63) is 92.3 Å². The van der Waals surface area contributed by atoms with Gasteiger partial charge in [-0.05, 0) is 29.2 Å². The SMILES string of the molecule is Cc1cn(C2CC(C(=O)O)N(C(=O)CNC(=O)OCC3c4ccccc4-c4ccccc43)C2)c(=O)[nH]c1=O. The van der Waals surface area contributed by atoms with Crippen molar-refractivity contribution in [3.63, 3.8) is 0 Å². The topological polar surface area (TPSA) is 151 Å². The minimum Gasteiger partial charge on any atom is -0.480 e. The minimum absolute atomic E-state index is 0.0165. The molecule has 3 aromatic rings. The maximum absolute atomic E-state index is 12.9. The maximum Gasteiger partial charge on any atom is 0.407 e. The molecule has 1 saturated heterocycles. The van der Waals surface area contributed by atoms with E-state index >= 15 is 0 Å². The van der Waals surface area contributed by atoms with Crippen molar-refractivity contribution in [1.82, 2.24) is 19.8 Å². The van der Waals surface area contributed by atoms with Gasteiger partial charge in [0.1, 0.15) is 19.2 Å². The van der Waals surface area contributed by atoms with E-state index in [0.29, 0.717) is 0 Å². The number of aryl methyl sites for hydroxylation is 1. The molecule has 1 aliphatic carbocycles. The first-order chi connectivity index (χ1) is 18.2. The molecular formula is C27H26N4O7. The van der Waals surface area contributed by atoms with Crippen LogP contribution in [0.3, 0.4) is 0 Å². The van der Waals surface area contributed by atoms with E-state index in [1.807, 2.05) is 48.5 Å². The normalized spacial score (nSPS) is 18.1. The molecule has 2 unspecified atom stereocenters. The number of ether oxygens (including phenoxy) is 1. The van der Waals surface area contributed by atoms with Crippen LogP contribution in [-0.2, 0) is 14.3 Å². The Bertz CT molecular complexity index is 1500. The van der Waals surface area contributed by atoms with E-state index in [0.717, 1.165) is 27.2 Å². The van der Waals surface area contributed by atoms with Crippen molar-refractivity contribution in [2.75, 3.05) is 19.7 Å². The summed E-state index contributed by atoms with van der Waals surface area (Å²) >= 11 is 0. The Labute approximate surface area is 216 Å². The Morgan fingerprint density at radius 1 is 1.05 bits per heavy atom. The number of hydrogen-bond acceptors (Lipinski definition) is 6. The zero-order valence-corrected chi connectivity index (χ0v) is 20.5. The van der Waals surface area contributed by atoms with Crippen LogP contribution < -0.4 is 16.6 Å².